The van der Waals surface area contributed by atoms with Gasteiger partial charge in [0.05, 0.1) is 12.1 Å². The highest BCUT2D eigenvalue weighted by Crippen LogP contribution is 2.22. The summed E-state index contributed by atoms with van der Waals surface area (Å²) in [6.07, 6.45) is 3.55. The summed E-state index contributed by atoms with van der Waals surface area (Å²) < 4.78 is 5.17. The lowest BCUT2D eigenvalue weighted by Gasteiger charge is -2.20. The summed E-state index contributed by atoms with van der Waals surface area (Å²) in [5, 5.41) is 3.39. The Morgan fingerprint density at radius 1 is 1.53 bits per heavy atom. The Morgan fingerprint density at radius 3 is 2.87 bits per heavy atom. The van der Waals surface area contributed by atoms with Crippen LogP contribution in [0.2, 0.25) is 0 Å². The van der Waals surface area contributed by atoms with Crippen LogP contribution in [-0.2, 0) is 9.53 Å². The van der Waals surface area contributed by atoms with Gasteiger partial charge in [-0.15, -0.1) is 0 Å². The van der Waals surface area contributed by atoms with Crippen molar-refractivity contribution in [2.24, 2.45) is 0 Å². The quantitative estimate of drug-likeness (QED) is 0.716. The zero-order chi connectivity index (χ0) is 10.8. The Balaban J connectivity index is 1.80. The average molecular weight is 212 g/mol. The summed E-state index contributed by atoms with van der Waals surface area (Å²) in [6.45, 7) is 3.59. The van der Waals surface area contributed by atoms with Gasteiger partial charge in [-0.1, -0.05) is 0 Å². The molecular weight excluding hydrogens is 192 g/mol. The summed E-state index contributed by atoms with van der Waals surface area (Å²) in [6, 6.07) is 0.681. The number of ether oxygens (including phenoxy) is 1. The zero-order valence-corrected chi connectivity index (χ0v) is 9.53. The van der Waals surface area contributed by atoms with Crippen molar-refractivity contribution in [3.63, 3.8) is 0 Å². The third kappa shape index (κ3) is 2.69. The van der Waals surface area contributed by atoms with Gasteiger partial charge in [-0.3, -0.25) is 4.79 Å². The van der Waals surface area contributed by atoms with Crippen molar-refractivity contribution in [3.05, 3.63) is 0 Å². The molecule has 2 unspecified atom stereocenters. The van der Waals surface area contributed by atoms with Crippen molar-refractivity contribution < 1.29 is 9.53 Å². The summed E-state index contributed by atoms with van der Waals surface area (Å²) in [5.41, 5.74) is 0. The van der Waals surface area contributed by atoms with Crippen LogP contribution < -0.4 is 5.32 Å². The van der Waals surface area contributed by atoms with Crippen molar-refractivity contribution in [2.75, 3.05) is 20.2 Å². The summed E-state index contributed by atoms with van der Waals surface area (Å²) in [4.78, 5) is 13.8. The van der Waals surface area contributed by atoms with Crippen LogP contribution in [0.15, 0.2) is 0 Å². The molecule has 0 radical (unpaired) electrons. The molecule has 1 heterocycles. The summed E-state index contributed by atoms with van der Waals surface area (Å²) in [5.74, 6) is 0.255. The fraction of sp³-hybridized carbons (Fsp3) is 0.909. The molecule has 1 aliphatic heterocycles. The first-order chi connectivity index (χ1) is 7.20. The first-order valence-electron chi connectivity index (χ1n) is 5.78. The summed E-state index contributed by atoms with van der Waals surface area (Å²) in [7, 11) is 1.69. The van der Waals surface area contributed by atoms with E-state index in [1.54, 1.807) is 7.11 Å². The van der Waals surface area contributed by atoms with Gasteiger partial charge in [0.15, 0.2) is 0 Å². The number of carbonyl (C=O) groups is 1. The van der Waals surface area contributed by atoms with Crippen LogP contribution >= 0.6 is 0 Å². The highest BCUT2D eigenvalue weighted by Gasteiger charge is 2.35. The van der Waals surface area contributed by atoms with Crippen LogP contribution in [-0.4, -0.2) is 49.2 Å². The predicted octanol–water partition coefficient (Wildman–Crippen LogP) is 0.374. The molecule has 2 atom stereocenters. The molecule has 86 valence electrons. The molecule has 1 saturated heterocycles. The van der Waals surface area contributed by atoms with Crippen molar-refractivity contribution >= 4 is 5.91 Å². The van der Waals surface area contributed by atoms with Crippen LogP contribution in [0.5, 0.6) is 0 Å². The molecule has 2 fully saturated rings. The highest BCUT2D eigenvalue weighted by molar-refractivity contribution is 5.84. The molecule has 1 saturated carbocycles. The average Bonchev–Trinajstić information content (AvgIpc) is 2.98. The minimum absolute atomic E-state index is 0.0709. The van der Waals surface area contributed by atoms with E-state index in [1.165, 1.54) is 12.8 Å². The Hall–Kier alpha value is -0.610. The number of nitrogens with zero attached hydrogens (tertiary/aromatic N) is 1. The molecule has 1 N–H and O–H groups in total. The van der Waals surface area contributed by atoms with Crippen LogP contribution in [0.3, 0.4) is 0 Å². The standard InChI is InChI=1S/C11H20N2O2/c1-8(15-2)7-13-6-5-10(11(13)14)12-9-3-4-9/h8-10,12H,3-7H2,1-2H3. The Kier molecular flexibility index (Phi) is 3.26. The van der Waals surface area contributed by atoms with Gasteiger partial charge in [0.25, 0.3) is 0 Å². The van der Waals surface area contributed by atoms with E-state index in [0.717, 1.165) is 19.5 Å². The van der Waals surface area contributed by atoms with E-state index in [1.807, 2.05) is 11.8 Å². The number of amides is 1. The molecule has 1 aliphatic carbocycles. The molecule has 0 bridgehead atoms. The lowest BCUT2D eigenvalue weighted by molar-refractivity contribution is -0.130. The molecule has 1 amide bonds. The monoisotopic (exact) mass is 212 g/mol. The molecule has 15 heavy (non-hydrogen) atoms. The van der Waals surface area contributed by atoms with E-state index in [0.29, 0.717) is 6.04 Å². The van der Waals surface area contributed by atoms with Gasteiger partial charge in [0.2, 0.25) is 5.91 Å². The van der Waals surface area contributed by atoms with E-state index in [2.05, 4.69) is 5.32 Å². The van der Waals surface area contributed by atoms with Gasteiger partial charge in [0, 0.05) is 26.2 Å². The first-order valence-corrected chi connectivity index (χ1v) is 5.78. The Bertz CT molecular complexity index is 241. The van der Waals surface area contributed by atoms with Gasteiger partial charge >= 0.3 is 0 Å². The minimum Gasteiger partial charge on any atom is -0.380 e. The number of likely N-dealkylation sites (tertiary alicyclic amines) is 1. The number of carbonyl (C=O) groups excluding carboxylic acids is 1. The van der Waals surface area contributed by atoms with Crippen LogP contribution in [0.1, 0.15) is 26.2 Å². The van der Waals surface area contributed by atoms with E-state index in [9.17, 15) is 4.79 Å². The molecular formula is C11H20N2O2. The second kappa shape index (κ2) is 4.49. The Labute approximate surface area is 91.0 Å². The van der Waals surface area contributed by atoms with E-state index >= 15 is 0 Å². The lowest BCUT2D eigenvalue weighted by Crippen LogP contribution is -2.41. The largest absolute Gasteiger partial charge is 0.380 e. The summed E-state index contributed by atoms with van der Waals surface area (Å²) >= 11 is 0. The zero-order valence-electron chi connectivity index (χ0n) is 9.53. The number of hydrogen-bond acceptors (Lipinski definition) is 3. The number of hydrogen-bond donors (Lipinski definition) is 1. The molecule has 2 rings (SSSR count). The van der Waals surface area contributed by atoms with Crippen LogP contribution in [0.4, 0.5) is 0 Å². The smallest absolute Gasteiger partial charge is 0.239 e. The second-order valence-corrected chi connectivity index (χ2v) is 4.61. The van der Waals surface area contributed by atoms with E-state index in [4.69, 9.17) is 4.74 Å². The topological polar surface area (TPSA) is 41.6 Å². The van der Waals surface area contributed by atoms with Crippen LogP contribution in [0, 0.1) is 0 Å². The minimum atomic E-state index is 0.0709. The number of methoxy groups -OCH3 is 1. The molecule has 0 aromatic heterocycles. The fourth-order valence-corrected chi connectivity index (χ4v) is 1.99. The molecule has 0 aromatic carbocycles. The lowest BCUT2D eigenvalue weighted by atomic mass is 10.2. The number of nitrogens with one attached hydrogen (secondary N) is 1. The van der Waals surface area contributed by atoms with Gasteiger partial charge in [-0.05, 0) is 26.2 Å². The van der Waals surface area contributed by atoms with Crippen LogP contribution in [0.25, 0.3) is 0 Å². The molecule has 0 spiro atoms. The molecule has 4 nitrogen and oxygen atoms in total. The van der Waals surface area contributed by atoms with E-state index < -0.39 is 0 Å². The number of rotatable bonds is 5. The predicted molar refractivity (Wildman–Crippen MR) is 57.6 cm³/mol. The molecule has 0 aromatic rings. The van der Waals surface area contributed by atoms with Crippen molar-refractivity contribution in [1.29, 1.82) is 0 Å². The SMILES string of the molecule is COC(C)CN1CCC(NC2CC2)C1=O. The van der Waals surface area contributed by atoms with Gasteiger partial charge in [-0.2, -0.15) is 0 Å². The maximum atomic E-state index is 11.9. The third-order valence-electron chi connectivity index (χ3n) is 3.19. The third-order valence-corrected chi connectivity index (χ3v) is 3.19. The van der Waals surface area contributed by atoms with Crippen molar-refractivity contribution in [1.82, 2.24) is 10.2 Å². The molecule has 4 heteroatoms. The normalized spacial score (nSPS) is 28.5. The first kappa shape index (κ1) is 10.9. The van der Waals surface area contributed by atoms with Crippen molar-refractivity contribution in [2.45, 2.75) is 44.4 Å². The maximum Gasteiger partial charge on any atom is 0.239 e. The fourth-order valence-electron chi connectivity index (χ4n) is 1.99. The second-order valence-electron chi connectivity index (χ2n) is 4.61. The molecule has 2 aliphatic rings. The van der Waals surface area contributed by atoms with Gasteiger partial charge < -0.3 is 15.0 Å². The van der Waals surface area contributed by atoms with E-state index in [-0.39, 0.29) is 18.1 Å². The maximum absolute atomic E-state index is 11.9. The highest BCUT2D eigenvalue weighted by atomic mass is 16.5. The van der Waals surface area contributed by atoms with Crippen molar-refractivity contribution in [3.8, 4) is 0 Å². The van der Waals surface area contributed by atoms with Gasteiger partial charge in [-0.25, -0.2) is 0 Å². The van der Waals surface area contributed by atoms with Gasteiger partial charge in [0.1, 0.15) is 0 Å². The Morgan fingerprint density at radius 2 is 2.27 bits per heavy atom.